The first kappa shape index (κ1) is 16.8. The Morgan fingerprint density at radius 3 is 2.42 bits per heavy atom. The molecule has 0 radical (unpaired) electrons. The van der Waals surface area contributed by atoms with E-state index in [-0.39, 0.29) is 10.7 Å². The fraction of sp³-hybridized carbons (Fsp3) is 0.929. The van der Waals surface area contributed by atoms with Crippen LogP contribution in [-0.4, -0.2) is 66.9 Å². The molecule has 0 atom stereocenters. The zero-order valence-electron chi connectivity index (χ0n) is 12.5. The van der Waals surface area contributed by atoms with E-state index in [1.165, 1.54) is 0 Å². The van der Waals surface area contributed by atoms with Crippen molar-refractivity contribution in [1.29, 1.82) is 0 Å². The first-order valence-electron chi connectivity index (χ1n) is 7.16. The molecule has 1 saturated heterocycles. The van der Waals surface area contributed by atoms with Crippen LogP contribution in [0.2, 0.25) is 0 Å². The van der Waals surface area contributed by atoms with Crippen LogP contribution in [0.5, 0.6) is 0 Å². The molecule has 0 N–H and O–H groups in total. The van der Waals surface area contributed by atoms with Crippen LogP contribution in [0.15, 0.2) is 0 Å². The number of nitrogens with zero attached hydrogens (tertiary/aromatic N) is 2. The summed E-state index contributed by atoms with van der Waals surface area (Å²) in [5.41, 5.74) is 0. The summed E-state index contributed by atoms with van der Waals surface area (Å²) in [4.78, 5) is 16.1. The third kappa shape index (κ3) is 8.50. The van der Waals surface area contributed by atoms with E-state index < -0.39 is 0 Å². The van der Waals surface area contributed by atoms with Gasteiger partial charge in [0.2, 0.25) is 0 Å². The fourth-order valence-corrected chi connectivity index (χ4v) is 2.24. The molecule has 0 aliphatic carbocycles. The van der Waals surface area contributed by atoms with Crippen LogP contribution in [0.25, 0.3) is 0 Å². The van der Waals surface area contributed by atoms with E-state index in [2.05, 4.69) is 43.3 Å². The third-order valence-electron chi connectivity index (χ3n) is 3.39. The third-order valence-corrected chi connectivity index (χ3v) is 3.62. The molecule has 5 heteroatoms. The molecule has 1 aliphatic heterocycles. The van der Waals surface area contributed by atoms with Crippen molar-refractivity contribution in [2.75, 3.05) is 46.4 Å². The van der Waals surface area contributed by atoms with E-state index in [0.29, 0.717) is 13.2 Å². The first-order chi connectivity index (χ1) is 8.87. The van der Waals surface area contributed by atoms with Crippen molar-refractivity contribution in [3.63, 3.8) is 0 Å². The molecule has 1 heterocycles. The van der Waals surface area contributed by atoms with E-state index in [1.807, 2.05) is 0 Å². The zero-order chi connectivity index (χ0) is 14.3. The molecule has 0 aromatic rings. The SMILES string of the molecule is CN1CCN(CC(=O)OCCCCC(C)(C)S)CC1. The van der Waals surface area contributed by atoms with Crippen molar-refractivity contribution in [2.45, 2.75) is 37.9 Å². The summed E-state index contributed by atoms with van der Waals surface area (Å²) in [7, 11) is 2.11. The van der Waals surface area contributed by atoms with E-state index in [9.17, 15) is 4.79 Å². The van der Waals surface area contributed by atoms with Crippen LogP contribution in [-0.2, 0) is 9.53 Å². The number of carbonyl (C=O) groups is 1. The van der Waals surface area contributed by atoms with Gasteiger partial charge in [-0.2, -0.15) is 12.6 Å². The molecular formula is C14H28N2O2S. The van der Waals surface area contributed by atoms with Crippen molar-refractivity contribution < 1.29 is 9.53 Å². The first-order valence-corrected chi connectivity index (χ1v) is 7.60. The van der Waals surface area contributed by atoms with E-state index in [0.717, 1.165) is 45.4 Å². The van der Waals surface area contributed by atoms with Gasteiger partial charge in [-0.1, -0.05) is 13.8 Å². The highest BCUT2D eigenvalue weighted by Crippen LogP contribution is 2.19. The average molecular weight is 288 g/mol. The Labute approximate surface area is 122 Å². The number of thiol groups is 1. The van der Waals surface area contributed by atoms with Crippen LogP contribution < -0.4 is 0 Å². The molecule has 4 nitrogen and oxygen atoms in total. The predicted octanol–water partition coefficient (Wildman–Crippen LogP) is 1.66. The molecule has 0 saturated carbocycles. The van der Waals surface area contributed by atoms with Crippen molar-refractivity contribution in [3.8, 4) is 0 Å². The van der Waals surface area contributed by atoms with Crippen molar-refractivity contribution in [2.24, 2.45) is 0 Å². The summed E-state index contributed by atoms with van der Waals surface area (Å²) < 4.78 is 5.34. The van der Waals surface area contributed by atoms with Gasteiger partial charge in [0.15, 0.2) is 0 Å². The van der Waals surface area contributed by atoms with E-state index in [1.54, 1.807) is 0 Å². The number of hydrogen-bond donors (Lipinski definition) is 1. The van der Waals surface area contributed by atoms with E-state index in [4.69, 9.17) is 4.74 Å². The number of ether oxygens (including phenoxy) is 1. The average Bonchev–Trinajstić information content (AvgIpc) is 2.30. The summed E-state index contributed by atoms with van der Waals surface area (Å²) in [5, 5.41) is 0. The summed E-state index contributed by atoms with van der Waals surface area (Å²) in [6.45, 7) is 9.17. The molecule has 1 rings (SSSR count). The number of rotatable bonds is 7. The van der Waals surface area contributed by atoms with Crippen LogP contribution in [0.1, 0.15) is 33.1 Å². The van der Waals surface area contributed by atoms with Crippen molar-refractivity contribution >= 4 is 18.6 Å². The van der Waals surface area contributed by atoms with Crippen LogP contribution in [0.3, 0.4) is 0 Å². The number of hydrogen-bond acceptors (Lipinski definition) is 5. The summed E-state index contributed by atoms with van der Waals surface area (Å²) in [6, 6.07) is 0. The normalized spacial score (nSPS) is 18.5. The fourth-order valence-electron chi connectivity index (χ4n) is 2.08. The van der Waals surface area contributed by atoms with Crippen LogP contribution in [0.4, 0.5) is 0 Å². The molecule has 1 fully saturated rings. The minimum absolute atomic E-state index is 0.0733. The van der Waals surface area contributed by atoms with Gasteiger partial charge in [-0.05, 0) is 26.3 Å². The van der Waals surface area contributed by atoms with Crippen molar-refractivity contribution in [1.82, 2.24) is 9.80 Å². The van der Waals surface area contributed by atoms with Gasteiger partial charge >= 0.3 is 5.97 Å². The van der Waals surface area contributed by atoms with Gasteiger partial charge < -0.3 is 9.64 Å². The molecule has 1 aliphatic rings. The lowest BCUT2D eigenvalue weighted by Crippen LogP contribution is -2.46. The summed E-state index contributed by atoms with van der Waals surface area (Å²) in [6.07, 6.45) is 3.03. The topological polar surface area (TPSA) is 32.8 Å². The molecular weight excluding hydrogens is 260 g/mol. The Morgan fingerprint density at radius 1 is 1.21 bits per heavy atom. The van der Waals surface area contributed by atoms with Gasteiger partial charge in [0.1, 0.15) is 0 Å². The van der Waals surface area contributed by atoms with Crippen LogP contribution >= 0.6 is 12.6 Å². The maximum absolute atomic E-state index is 11.7. The molecule has 0 aromatic carbocycles. The Hall–Kier alpha value is -0.260. The minimum atomic E-state index is -0.0883. The zero-order valence-corrected chi connectivity index (χ0v) is 13.4. The van der Waals surface area contributed by atoms with Gasteiger partial charge in [0.25, 0.3) is 0 Å². The molecule has 0 aromatic heterocycles. The van der Waals surface area contributed by atoms with Gasteiger partial charge in [0.05, 0.1) is 13.2 Å². The van der Waals surface area contributed by atoms with Gasteiger partial charge in [-0.15, -0.1) is 0 Å². The van der Waals surface area contributed by atoms with Crippen molar-refractivity contribution in [3.05, 3.63) is 0 Å². The summed E-state index contributed by atoms with van der Waals surface area (Å²) >= 11 is 4.47. The largest absolute Gasteiger partial charge is 0.465 e. The maximum atomic E-state index is 11.7. The molecule has 19 heavy (non-hydrogen) atoms. The van der Waals surface area contributed by atoms with E-state index >= 15 is 0 Å². The number of esters is 1. The predicted molar refractivity (Wildman–Crippen MR) is 81.8 cm³/mol. The highest BCUT2D eigenvalue weighted by atomic mass is 32.1. The van der Waals surface area contributed by atoms with Gasteiger partial charge in [-0.25, -0.2) is 0 Å². The van der Waals surface area contributed by atoms with Gasteiger partial charge in [-0.3, -0.25) is 9.69 Å². The molecule has 0 bridgehead atoms. The second-order valence-electron chi connectivity index (χ2n) is 6.07. The minimum Gasteiger partial charge on any atom is -0.465 e. The Bertz CT molecular complexity index is 271. The number of likely N-dealkylation sites (N-methyl/N-ethyl adjacent to an activating group) is 1. The number of unbranched alkanes of at least 4 members (excludes halogenated alkanes) is 1. The maximum Gasteiger partial charge on any atom is 0.320 e. The highest BCUT2D eigenvalue weighted by Gasteiger charge is 2.17. The molecule has 0 amide bonds. The Morgan fingerprint density at radius 2 is 1.84 bits per heavy atom. The quantitative estimate of drug-likeness (QED) is 0.439. The number of carbonyl (C=O) groups excluding carboxylic acids is 1. The second kappa shape index (κ2) is 8.12. The lowest BCUT2D eigenvalue weighted by Gasteiger charge is -2.31. The Kier molecular flexibility index (Phi) is 7.18. The Balaban J connectivity index is 2.02. The second-order valence-corrected chi connectivity index (χ2v) is 7.28. The summed E-state index contributed by atoms with van der Waals surface area (Å²) in [5.74, 6) is -0.0883. The lowest BCUT2D eigenvalue weighted by atomic mass is 10.1. The lowest BCUT2D eigenvalue weighted by molar-refractivity contribution is -0.145. The molecule has 112 valence electrons. The standard InChI is InChI=1S/C14H28N2O2S/c1-14(2,19)6-4-5-11-18-13(17)12-16-9-7-15(3)8-10-16/h19H,4-12H2,1-3H3. The van der Waals surface area contributed by atoms with Gasteiger partial charge in [0, 0.05) is 30.9 Å². The highest BCUT2D eigenvalue weighted by molar-refractivity contribution is 7.81. The smallest absolute Gasteiger partial charge is 0.320 e. The van der Waals surface area contributed by atoms with Crippen LogP contribution in [0, 0.1) is 0 Å². The molecule has 0 spiro atoms. The molecule has 0 unspecified atom stereocenters. The number of piperazine rings is 1. The monoisotopic (exact) mass is 288 g/mol.